The molecule has 0 amide bonds. The Balaban J connectivity index is 1.75. The van der Waals surface area contributed by atoms with E-state index >= 15 is 0 Å². The van der Waals surface area contributed by atoms with Gasteiger partial charge in [0, 0.05) is 44.1 Å². The van der Waals surface area contributed by atoms with E-state index in [1.165, 1.54) is 44.6 Å². The van der Waals surface area contributed by atoms with E-state index in [2.05, 4.69) is 73.9 Å². The van der Waals surface area contributed by atoms with Gasteiger partial charge in [-0.3, -0.25) is 4.99 Å². The molecule has 0 aliphatic carbocycles. The normalized spacial score (nSPS) is 17.3. The number of piperidine rings is 1. The number of likely N-dealkylation sites (tertiary alicyclic amines) is 1. The average molecular weight is 398 g/mol. The predicted molar refractivity (Wildman–Crippen MR) is 105 cm³/mol. The molecule has 0 radical (unpaired) electrons. The molecule has 1 saturated heterocycles. The molecule has 6 heteroatoms. The van der Waals surface area contributed by atoms with Crippen molar-refractivity contribution in [3.8, 4) is 0 Å². The second kappa shape index (κ2) is 9.47. The molecule has 2 heterocycles. The number of guanidine groups is 1. The molecule has 0 unspecified atom stereocenters. The maximum absolute atomic E-state index is 4.43. The minimum Gasteiger partial charge on any atom is -0.356 e. The van der Waals surface area contributed by atoms with Crippen LogP contribution in [0.5, 0.6) is 0 Å². The highest BCUT2D eigenvalue weighted by atomic mass is 79.9. The summed E-state index contributed by atoms with van der Waals surface area (Å²) in [5.41, 5.74) is 1.26. The monoisotopic (exact) mass is 397 g/mol. The molecule has 2 rings (SSSR count). The summed E-state index contributed by atoms with van der Waals surface area (Å²) in [6.07, 6.45) is 5.99. The lowest BCUT2D eigenvalue weighted by atomic mass is 9.93. The molecule has 5 nitrogen and oxygen atoms in total. The van der Waals surface area contributed by atoms with Crippen molar-refractivity contribution in [2.45, 2.75) is 32.7 Å². The molecular formula is C18H32BrN5. The fourth-order valence-corrected chi connectivity index (χ4v) is 3.98. The van der Waals surface area contributed by atoms with Crippen LogP contribution in [0.1, 0.15) is 31.9 Å². The van der Waals surface area contributed by atoms with Crippen LogP contribution in [0.2, 0.25) is 0 Å². The lowest BCUT2D eigenvalue weighted by Crippen LogP contribution is -2.40. The summed E-state index contributed by atoms with van der Waals surface area (Å²) >= 11 is 3.53. The lowest BCUT2D eigenvalue weighted by molar-refractivity contribution is 0.187. The standard InChI is InChI=1S/C18H32BrN5/c1-5-24-10-7-15(8-11-24)6-9-21-18(20-2)23(4)14-17-12-16(19)13-22(17)3/h12-13,15H,5-11,14H2,1-4H3,(H,20,21). The van der Waals surface area contributed by atoms with Gasteiger partial charge in [0.15, 0.2) is 5.96 Å². The molecule has 1 aromatic rings. The van der Waals surface area contributed by atoms with E-state index in [9.17, 15) is 0 Å². The Bertz CT molecular complexity index is 532. The Kier molecular flexibility index (Phi) is 7.62. The van der Waals surface area contributed by atoms with E-state index in [-0.39, 0.29) is 0 Å². The summed E-state index contributed by atoms with van der Waals surface area (Å²) in [7, 11) is 6.03. The van der Waals surface area contributed by atoms with E-state index in [1.54, 1.807) is 0 Å². The van der Waals surface area contributed by atoms with Crippen LogP contribution in [0.25, 0.3) is 0 Å². The van der Waals surface area contributed by atoms with Crippen LogP contribution < -0.4 is 5.32 Å². The third-order valence-corrected chi connectivity index (χ3v) is 5.47. The quantitative estimate of drug-likeness (QED) is 0.591. The van der Waals surface area contributed by atoms with Crippen LogP contribution in [-0.2, 0) is 13.6 Å². The third kappa shape index (κ3) is 5.52. The zero-order valence-corrected chi connectivity index (χ0v) is 17.1. The van der Waals surface area contributed by atoms with Crippen LogP contribution in [0.3, 0.4) is 0 Å². The van der Waals surface area contributed by atoms with Gasteiger partial charge >= 0.3 is 0 Å². The number of hydrogen-bond acceptors (Lipinski definition) is 2. The van der Waals surface area contributed by atoms with Crippen LogP contribution >= 0.6 is 15.9 Å². The molecular weight excluding hydrogens is 366 g/mol. The van der Waals surface area contributed by atoms with Crippen molar-refractivity contribution in [1.82, 2.24) is 19.7 Å². The molecule has 1 N–H and O–H groups in total. The van der Waals surface area contributed by atoms with E-state index in [0.717, 1.165) is 29.4 Å². The summed E-state index contributed by atoms with van der Waals surface area (Å²) in [5.74, 6) is 1.82. The van der Waals surface area contributed by atoms with Crippen molar-refractivity contribution in [3.05, 3.63) is 22.4 Å². The zero-order valence-electron chi connectivity index (χ0n) is 15.6. The highest BCUT2D eigenvalue weighted by Gasteiger charge is 2.18. The number of nitrogens with zero attached hydrogens (tertiary/aromatic N) is 4. The van der Waals surface area contributed by atoms with E-state index in [4.69, 9.17) is 0 Å². The number of rotatable bonds is 6. The van der Waals surface area contributed by atoms with Crippen molar-refractivity contribution in [1.29, 1.82) is 0 Å². The molecule has 1 aromatic heterocycles. The Morgan fingerprint density at radius 3 is 2.67 bits per heavy atom. The number of aryl methyl sites for hydroxylation is 1. The van der Waals surface area contributed by atoms with Gasteiger partial charge in [0.1, 0.15) is 0 Å². The molecule has 0 atom stereocenters. The van der Waals surface area contributed by atoms with E-state index < -0.39 is 0 Å². The second-order valence-corrected chi connectivity index (χ2v) is 7.67. The maximum atomic E-state index is 4.43. The van der Waals surface area contributed by atoms with Crippen molar-refractivity contribution in [3.63, 3.8) is 0 Å². The van der Waals surface area contributed by atoms with Gasteiger partial charge in [-0.1, -0.05) is 6.92 Å². The Hall–Kier alpha value is -1.01. The van der Waals surface area contributed by atoms with Gasteiger partial charge in [0.25, 0.3) is 0 Å². The van der Waals surface area contributed by atoms with Crippen molar-refractivity contribution in [2.24, 2.45) is 18.0 Å². The van der Waals surface area contributed by atoms with Crippen LogP contribution in [0.4, 0.5) is 0 Å². The molecule has 0 aromatic carbocycles. The molecule has 136 valence electrons. The van der Waals surface area contributed by atoms with Crippen LogP contribution in [0, 0.1) is 5.92 Å². The van der Waals surface area contributed by atoms with Crippen molar-refractivity contribution < 1.29 is 0 Å². The molecule has 1 fully saturated rings. The molecule has 1 aliphatic heterocycles. The van der Waals surface area contributed by atoms with Crippen molar-refractivity contribution >= 4 is 21.9 Å². The number of aromatic nitrogens is 1. The largest absolute Gasteiger partial charge is 0.356 e. The first kappa shape index (κ1) is 19.3. The Labute approximate surface area is 155 Å². The maximum Gasteiger partial charge on any atom is 0.193 e. The van der Waals surface area contributed by atoms with E-state index in [0.29, 0.717) is 0 Å². The molecule has 0 bridgehead atoms. The second-order valence-electron chi connectivity index (χ2n) is 6.76. The highest BCUT2D eigenvalue weighted by Crippen LogP contribution is 2.19. The van der Waals surface area contributed by atoms with Gasteiger partial charge in [0.2, 0.25) is 0 Å². The summed E-state index contributed by atoms with van der Waals surface area (Å²) < 4.78 is 3.27. The summed E-state index contributed by atoms with van der Waals surface area (Å²) in [5, 5.41) is 3.53. The summed E-state index contributed by atoms with van der Waals surface area (Å²) in [6.45, 7) is 7.82. The first-order valence-electron chi connectivity index (χ1n) is 8.98. The first-order chi connectivity index (χ1) is 11.5. The summed E-state index contributed by atoms with van der Waals surface area (Å²) in [6, 6.07) is 2.16. The van der Waals surface area contributed by atoms with Gasteiger partial charge in [-0.15, -0.1) is 0 Å². The lowest BCUT2D eigenvalue weighted by Gasteiger charge is -2.31. The molecule has 0 saturated carbocycles. The average Bonchev–Trinajstić information content (AvgIpc) is 2.89. The first-order valence-corrected chi connectivity index (χ1v) is 9.77. The Morgan fingerprint density at radius 2 is 2.12 bits per heavy atom. The fraction of sp³-hybridized carbons (Fsp3) is 0.722. The predicted octanol–water partition coefficient (Wildman–Crippen LogP) is 2.92. The van der Waals surface area contributed by atoms with Crippen LogP contribution in [0.15, 0.2) is 21.7 Å². The minimum atomic E-state index is 0.844. The van der Waals surface area contributed by atoms with Gasteiger partial charge < -0.3 is 19.7 Å². The number of nitrogens with one attached hydrogen (secondary N) is 1. The zero-order chi connectivity index (χ0) is 17.5. The fourth-order valence-electron chi connectivity index (χ4n) is 3.41. The molecule has 24 heavy (non-hydrogen) atoms. The van der Waals surface area contributed by atoms with Crippen LogP contribution in [-0.4, -0.2) is 60.6 Å². The molecule has 1 aliphatic rings. The van der Waals surface area contributed by atoms with Gasteiger partial charge in [-0.05, 0) is 66.8 Å². The SMILES string of the molecule is CCN1CCC(CCNC(=NC)N(C)Cc2cc(Br)cn2C)CC1. The van der Waals surface area contributed by atoms with Gasteiger partial charge in [-0.25, -0.2) is 0 Å². The van der Waals surface area contributed by atoms with Gasteiger partial charge in [0.05, 0.1) is 6.54 Å². The number of aliphatic imine (C=N–C) groups is 1. The number of halogens is 1. The third-order valence-electron chi connectivity index (χ3n) is 5.04. The molecule has 0 spiro atoms. The summed E-state index contributed by atoms with van der Waals surface area (Å²) in [4.78, 5) is 9.16. The smallest absolute Gasteiger partial charge is 0.193 e. The number of hydrogen-bond donors (Lipinski definition) is 1. The topological polar surface area (TPSA) is 35.8 Å². The van der Waals surface area contributed by atoms with E-state index in [1.807, 2.05) is 7.05 Å². The minimum absolute atomic E-state index is 0.844. The van der Waals surface area contributed by atoms with Crippen molar-refractivity contribution in [2.75, 3.05) is 40.3 Å². The van der Waals surface area contributed by atoms with Gasteiger partial charge in [-0.2, -0.15) is 0 Å². The Morgan fingerprint density at radius 1 is 1.42 bits per heavy atom. The highest BCUT2D eigenvalue weighted by molar-refractivity contribution is 9.10.